The molecule has 0 amide bonds. The quantitative estimate of drug-likeness (QED) is 0.704. The summed E-state index contributed by atoms with van der Waals surface area (Å²) in [6.45, 7) is 4.23. The second-order valence-corrected chi connectivity index (χ2v) is 4.39. The van der Waals surface area contributed by atoms with E-state index in [2.05, 4.69) is 13.8 Å². The van der Waals surface area contributed by atoms with Gasteiger partial charge in [-0.1, -0.05) is 13.8 Å². The zero-order valence-electron chi connectivity index (χ0n) is 9.19. The molecule has 0 unspecified atom stereocenters. The molecule has 15 heavy (non-hydrogen) atoms. The Morgan fingerprint density at radius 2 is 2.13 bits per heavy atom. The molecule has 1 aliphatic carbocycles. The third-order valence-electron chi connectivity index (χ3n) is 2.61. The first-order valence-electron chi connectivity index (χ1n) is 5.46. The van der Waals surface area contributed by atoms with Crippen LogP contribution in [-0.2, 0) is 0 Å². The lowest BCUT2D eigenvalue weighted by Gasteiger charge is -2.14. The molecule has 0 saturated heterocycles. The Balaban J connectivity index is 2.29. The third-order valence-corrected chi connectivity index (χ3v) is 2.61. The first kappa shape index (κ1) is 10.2. The topological polar surface area (TPSA) is 26.3 Å². The molecular weight excluding hydrogens is 188 g/mol. The number of hydrogen-bond acceptors (Lipinski definition) is 2. The molecule has 0 radical (unpaired) electrons. The Morgan fingerprint density at radius 1 is 1.40 bits per heavy atom. The predicted molar refractivity (Wildman–Crippen MR) is 59.6 cm³/mol. The molecule has 0 spiro atoms. The smallest absolute Gasteiger partial charge is 0.150 e. The molecule has 1 fully saturated rings. The Hall–Kier alpha value is -1.31. The van der Waals surface area contributed by atoms with Gasteiger partial charge in [0.1, 0.15) is 12.0 Å². The zero-order chi connectivity index (χ0) is 10.8. The minimum Gasteiger partial charge on any atom is -0.490 e. The second-order valence-electron chi connectivity index (χ2n) is 4.39. The van der Waals surface area contributed by atoms with E-state index in [9.17, 15) is 4.79 Å². The first-order valence-corrected chi connectivity index (χ1v) is 5.46. The van der Waals surface area contributed by atoms with Crippen molar-refractivity contribution in [1.82, 2.24) is 0 Å². The van der Waals surface area contributed by atoms with Gasteiger partial charge in [-0.15, -0.1) is 0 Å². The monoisotopic (exact) mass is 204 g/mol. The molecule has 0 aromatic heterocycles. The average molecular weight is 204 g/mol. The van der Waals surface area contributed by atoms with Crippen LogP contribution in [0.25, 0.3) is 0 Å². The van der Waals surface area contributed by atoms with E-state index in [0.717, 1.165) is 36.0 Å². The van der Waals surface area contributed by atoms with Crippen molar-refractivity contribution >= 4 is 6.29 Å². The SMILES string of the molecule is CC(C)c1cc(C=O)ccc1OC1CC1. The number of hydrogen-bond donors (Lipinski definition) is 0. The maximum absolute atomic E-state index is 10.7. The maximum Gasteiger partial charge on any atom is 0.150 e. The summed E-state index contributed by atoms with van der Waals surface area (Å²) < 4.78 is 5.80. The van der Waals surface area contributed by atoms with Gasteiger partial charge in [-0.3, -0.25) is 4.79 Å². The standard InChI is InChI=1S/C13H16O2/c1-9(2)12-7-10(8-14)3-6-13(12)15-11-4-5-11/h3,6-9,11H,4-5H2,1-2H3. The molecule has 2 heteroatoms. The van der Waals surface area contributed by atoms with Gasteiger partial charge in [0.2, 0.25) is 0 Å². The van der Waals surface area contributed by atoms with Crippen LogP contribution in [0.1, 0.15) is 48.5 Å². The van der Waals surface area contributed by atoms with Crippen molar-refractivity contribution in [3.05, 3.63) is 29.3 Å². The minimum absolute atomic E-state index is 0.388. The number of rotatable bonds is 4. The van der Waals surface area contributed by atoms with Crippen LogP contribution in [0.4, 0.5) is 0 Å². The highest BCUT2D eigenvalue weighted by molar-refractivity contribution is 5.75. The molecule has 0 atom stereocenters. The molecule has 2 nitrogen and oxygen atoms in total. The molecule has 1 aromatic carbocycles. The average Bonchev–Trinajstić information content (AvgIpc) is 3.02. The molecule has 2 rings (SSSR count). The summed E-state index contributed by atoms with van der Waals surface area (Å²) >= 11 is 0. The summed E-state index contributed by atoms with van der Waals surface area (Å²) in [6, 6.07) is 5.66. The van der Waals surface area contributed by atoms with Gasteiger partial charge in [-0.25, -0.2) is 0 Å². The van der Waals surface area contributed by atoms with E-state index in [4.69, 9.17) is 4.74 Å². The molecule has 0 heterocycles. The van der Waals surface area contributed by atoms with Crippen molar-refractivity contribution < 1.29 is 9.53 Å². The molecule has 0 aliphatic heterocycles. The molecule has 0 bridgehead atoms. The van der Waals surface area contributed by atoms with Gasteiger partial charge in [0, 0.05) is 5.56 Å². The van der Waals surface area contributed by atoms with Crippen LogP contribution in [-0.4, -0.2) is 12.4 Å². The zero-order valence-corrected chi connectivity index (χ0v) is 9.19. The number of benzene rings is 1. The van der Waals surface area contributed by atoms with E-state index < -0.39 is 0 Å². The lowest BCUT2D eigenvalue weighted by atomic mass is 10.00. The second kappa shape index (κ2) is 4.05. The molecule has 0 N–H and O–H groups in total. The van der Waals surface area contributed by atoms with E-state index >= 15 is 0 Å². The highest BCUT2D eigenvalue weighted by Crippen LogP contribution is 2.32. The third kappa shape index (κ3) is 2.38. The van der Waals surface area contributed by atoms with E-state index in [-0.39, 0.29) is 0 Å². The van der Waals surface area contributed by atoms with E-state index in [1.807, 2.05) is 18.2 Å². The Morgan fingerprint density at radius 3 is 2.67 bits per heavy atom. The van der Waals surface area contributed by atoms with Crippen molar-refractivity contribution in [3.63, 3.8) is 0 Å². The van der Waals surface area contributed by atoms with E-state index in [0.29, 0.717) is 12.0 Å². The van der Waals surface area contributed by atoms with Gasteiger partial charge < -0.3 is 4.74 Å². The number of ether oxygens (including phenoxy) is 1. The van der Waals surface area contributed by atoms with E-state index in [1.165, 1.54) is 0 Å². The van der Waals surface area contributed by atoms with Gasteiger partial charge in [-0.2, -0.15) is 0 Å². The molecule has 80 valence electrons. The summed E-state index contributed by atoms with van der Waals surface area (Å²) in [4.78, 5) is 10.7. The normalized spacial score (nSPS) is 15.4. The number of carbonyl (C=O) groups is 1. The van der Waals surface area contributed by atoms with Gasteiger partial charge in [0.05, 0.1) is 6.10 Å². The summed E-state index contributed by atoms with van der Waals surface area (Å²) in [5.74, 6) is 1.33. The van der Waals surface area contributed by atoms with Crippen LogP contribution in [0.2, 0.25) is 0 Å². The summed E-state index contributed by atoms with van der Waals surface area (Å²) in [5.41, 5.74) is 1.85. The molecule has 1 aliphatic rings. The molecule has 1 aromatic rings. The fourth-order valence-electron chi connectivity index (χ4n) is 1.56. The van der Waals surface area contributed by atoms with Crippen molar-refractivity contribution in [3.8, 4) is 5.75 Å². The van der Waals surface area contributed by atoms with Gasteiger partial charge >= 0.3 is 0 Å². The van der Waals surface area contributed by atoms with Gasteiger partial charge in [0.15, 0.2) is 0 Å². The largest absolute Gasteiger partial charge is 0.490 e. The van der Waals surface area contributed by atoms with Gasteiger partial charge in [0.25, 0.3) is 0 Å². The van der Waals surface area contributed by atoms with Crippen LogP contribution in [0, 0.1) is 0 Å². The van der Waals surface area contributed by atoms with Crippen molar-refractivity contribution in [2.24, 2.45) is 0 Å². The summed E-state index contributed by atoms with van der Waals surface area (Å²) in [6.07, 6.45) is 3.61. The fourth-order valence-corrected chi connectivity index (χ4v) is 1.56. The predicted octanol–water partition coefficient (Wildman–Crippen LogP) is 3.16. The number of aldehydes is 1. The van der Waals surface area contributed by atoms with Crippen LogP contribution < -0.4 is 4.74 Å². The maximum atomic E-state index is 10.7. The van der Waals surface area contributed by atoms with Crippen molar-refractivity contribution in [2.75, 3.05) is 0 Å². The molecule has 1 saturated carbocycles. The lowest BCUT2D eigenvalue weighted by molar-refractivity contribution is 0.112. The van der Waals surface area contributed by atoms with Crippen LogP contribution in [0.3, 0.4) is 0 Å². The van der Waals surface area contributed by atoms with Gasteiger partial charge in [-0.05, 0) is 42.5 Å². The Labute approximate surface area is 90.3 Å². The fraction of sp³-hybridized carbons (Fsp3) is 0.462. The Bertz CT molecular complexity index is 365. The Kier molecular flexibility index (Phi) is 2.76. The van der Waals surface area contributed by atoms with E-state index in [1.54, 1.807) is 0 Å². The minimum atomic E-state index is 0.388. The lowest BCUT2D eigenvalue weighted by Crippen LogP contribution is -2.01. The summed E-state index contributed by atoms with van der Waals surface area (Å²) in [5, 5.41) is 0. The van der Waals surface area contributed by atoms with Crippen LogP contribution in [0.5, 0.6) is 5.75 Å². The van der Waals surface area contributed by atoms with Crippen molar-refractivity contribution in [1.29, 1.82) is 0 Å². The summed E-state index contributed by atoms with van der Waals surface area (Å²) in [7, 11) is 0. The number of carbonyl (C=O) groups excluding carboxylic acids is 1. The van der Waals surface area contributed by atoms with Crippen molar-refractivity contribution in [2.45, 2.75) is 38.7 Å². The highest BCUT2D eigenvalue weighted by Gasteiger charge is 2.24. The molecular formula is C13H16O2. The van der Waals surface area contributed by atoms with Crippen LogP contribution >= 0.6 is 0 Å². The first-order chi connectivity index (χ1) is 7.20. The highest BCUT2D eigenvalue weighted by atomic mass is 16.5. The van der Waals surface area contributed by atoms with Crippen LogP contribution in [0.15, 0.2) is 18.2 Å².